The van der Waals surface area contributed by atoms with Crippen molar-refractivity contribution in [2.75, 3.05) is 11.9 Å². The van der Waals surface area contributed by atoms with Crippen molar-refractivity contribution in [1.82, 2.24) is 14.4 Å². The minimum absolute atomic E-state index is 0.176. The minimum atomic E-state index is -0.989. The van der Waals surface area contributed by atoms with Gasteiger partial charge < -0.3 is 10.0 Å². The monoisotopic (exact) mass is 302 g/mol. The van der Waals surface area contributed by atoms with Gasteiger partial charge in [-0.1, -0.05) is 6.07 Å². The molecule has 108 valence electrons. The molecule has 0 radical (unpaired) electrons. The first-order valence-corrected chi connectivity index (χ1v) is 7.26. The summed E-state index contributed by atoms with van der Waals surface area (Å²) >= 11 is 1.56. The fourth-order valence-corrected chi connectivity index (χ4v) is 3.05. The molecule has 3 heterocycles. The lowest BCUT2D eigenvalue weighted by Gasteiger charge is -2.16. The van der Waals surface area contributed by atoms with E-state index in [-0.39, 0.29) is 5.69 Å². The number of aryl methyl sites for hydroxylation is 1. The molecule has 3 aromatic rings. The molecule has 0 unspecified atom stereocenters. The molecule has 3 aromatic heterocycles. The minimum Gasteiger partial charge on any atom is -0.476 e. The molecule has 3 rings (SSSR count). The average Bonchev–Trinajstić information content (AvgIpc) is 3.02. The molecule has 0 bridgehead atoms. The number of anilines is 1. The van der Waals surface area contributed by atoms with Gasteiger partial charge in [-0.3, -0.25) is 4.40 Å². The second-order valence-electron chi connectivity index (χ2n) is 4.74. The molecule has 0 aliphatic rings. The van der Waals surface area contributed by atoms with Crippen LogP contribution in [0.5, 0.6) is 0 Å². The molecule has 0 saturated heterocycles. The van der Waals surface area contributed by atoms with Crippen LogP contribution in [0.1, 0.15) is 21.1 Å². The third-order valence-corrected chi connectivity index (χ3v) is 4.22. The average molecular weight is 302 g/mol. The van der Waals surface area contributed by atoms with Crippen LogP contribution >= 0.6 is 11.3 Å². The Hall–Kier alpha value is -2.41. The van der Waals surface area contributed by atoms with E-state index in [9.17, 15) is 9.90 Å². The van der Waals surface area contributed by atoms with Crippen molar-refractivity contribution in [2.24, 2.45) is 0 Å². The first-order valence-electron chi connectivity index (χ1n) is 6.38. The summed E-state index contributed by atoms with van der Waals surface area (Å²) in [4.78, 5) is 23.2. The van der Waals surface area contributed by atoms with Crippen molar-refractivity contribution < 1.29 is 9.90 Å². The van der Waals surface area contributed by atoms with E-state index >= 15 is 0 Å². The quantitative estimate of drug-likeness (QED) is 0.801. The zero-order valence-corrected chi connectivity index (χ0v) is 12.5. The van der Waals surface area contributed by atoms with E-state index in [2.05, 4.69) is 9.97 Å². The SMILES string of the molecule is Cc1ncsc1CN(C)c1nc2ccccn2c1C(=O)O. The van der Waals surface area contributed by atoms with Crippen LogP contribution < -0.4 is 4.90 Å². The fraction of sp³-hybridized carbons (Fsp3) is 0.214. The van der Waals surface area contributed by atoms with Gasteiger partial charge in [0, 0.05) is 18.1 Å². The highest BCUT2D eigenvalue weighted by Gasteiger charge is 2.21. The molecule has 21 heavy (non-hydrogen) atoms. The van der Waals surface area contributed by atoms with E-state index in [1.807, 2.05) is 24.9 Å². The third-order valence-electron chi connectivity index (χ3n) is 3.30. The molecular formula is C14H14N4O2S. The molecule has 0 aliphatic heterocycles. The second-order valence-corrected chi connectivity index (χ2v) is 5.67. The standard InChI is InChI=1S/C14H14N4O2S/c1-9-10(21-8-15-9)7-17(2)13-12(14(19)20)18-6-4-3-5-11(18)16-13/h3-6,8H,7H2,1-2H3,(H,19,20). The van der Waals surface area contributed by atoms with Gasteiger partial charge in [0.25, 0.3) is 0 Å². The second kappa shape index (κ2) is 5.17. The lowest BCUT2D eigenvalue weighted by atomic mass is 10.3. The van der Waals surface area contributed by atoms with E-state index in [1.165, 1.54) is 0 Å². The van der Waals surface area contributed by atoms with E-state index in [1.54, 1.807) is 39.6 Å². The van der Waals surface area contributed by atoms with E-state index in [4.69, 9.17) is 0 Å². The molecule has 7 heteroatoms. The lowest BCUT2D eigenvalue weighted by Crippen LogP contribution is -2.19. The summed E-state index contributed by atoms with van der Waals surface area (Å²) in [7, 11) is 1.84. The van der Waals surface area contributed by atoms with E-state index in [0.717, 1.165) is 10.6 Å². The zero-order chi connectivity index (χ0) is 15.0. The summed E-state index contributed by atoms with van der Waals surface area (Å²) in [5.74, 6) is -0.530. The van der Waals surface area contributed by atoms with Crippen molar-refractivity contribution >= 4 is 28.8 Å². The fourth-order valence-electron chi connectivity index (χ4n) is 2.22. The number of pyridine rings is 1. The van der Waals surface area contributed by atoms with Crippen LogP contribution in [0.15, 0.2) is 29.9 Å². The molecular weight excluding hydrogens is 288 g/mol. The number of hydrogen-bond donors (Lipinski definition) is 1. The van der Waals surface area contributed by atoms with Crippen LogP contribution in [0.2, 0.25) is 0 Å². The van der Waals surface area contributed by atoms with Gasteiger partial charge in [0.15, 0.2) is 11.5 Å². The topological polar surface area (TPSA) is 70.7 Å². The first-order chi connectivity index (χ1) is 10.1. The predicted molar refractivity (Wildman–Crippen MR) is 81.1 cm³/mol. The zero-order valence-electron chi connectivity index (χ0n) is 11.6. The van der Waals surface area contributed by atoms with Gasteiger partial charge in [0.1, 0.15) is 5.65 Å². The number of nitrogens with zero attached hydrogens (tertiary/aromatic N) is 4. The molecule has 1 N–H and O–H groups in total. The summed E-state index contributed by atoms with van der Waals surface area (Å²) in [5, 5.41) is 9.48. The number of carbonyl (C=O) groups is 1. The molecule has 6 nitrogen and oxygen atoms in total. The lowest BCUT2D eigenvalue weighted by molar-refractivity contribution is 0.0690. The summed E-state index contributed by atoms with van der Waals surface area (Å²) in [6.45, 7) is 2.53. The Labute approximate surface area is 125 Å². The van der Waals surface area contributed by atoms with Crippen LogP contribution in [-0.2, 0) is 6.54 Å². The van der Waals surface area contributed by atoms with Crippen LogP contribution in [-0.4, -0.2) is 32.5 Å². The predicted octanol–water partition coefficient (Wildman–Crippen LogP) is 2.43. The van der Waals surface area contributed by atoms with Crippen LogP contribution in [0.4, 0.5) is 5.82 Å². The van der Waals surface area contributed by atoms with Gasteiger partial charge in [0.2, 0.25) is 0 Å². The van der Waals surface area contributed by atoms with Gasteiger partial charge >= 0.3 is 5.97 Å². The Balaban J connectivity index is 2.05. The van der Waals surface area contributed by atoms with Gasteiger partial charge in [-0.25, -0.2) is 14.8 Å². The maximum atomic E-state index is 11.6. The number of rotatable bonds is 4. The molecule has 0 saturated carbocycles. The number of thiazole rings is 1. The Bertz CT molecular complexity index is 808. The van der Waals surface area contributed by atoms with Crippen molar-refractivity contribution in [2.45, 2.75) is 13.5 Å². The maximum Gasteiger partial charge on any atom is 0.356 e. The number of aromatic nitrogens is 3. The van der Waals surface area contributed by atoms with Gasteiger partial charge in [-0.15, -0.1) is 11.3 Å². The molecule has 0 aliphatic carbocycles. The number of imidazole rings is 1. The van der Waals surface area contributed by atoms with E-state index < -0.39 is 5.97 Å². The van der Waals surface area contributed by atoms with Crippen molar-refractivity contribution in [1.29, 1.82) is 0 Å². The normalized spacial score (nSPS) is 11.0. The van der Waals surface area contributed by atoms with Crippen LogP contribution in [0, 0.1) is 6.92 Å². The number of aromatic carboxylic acids is 1. The molecule has 0 fully saturated rings. The summed E-state index contributed by atoms with van der Waals surface area (Å²) in [5.41, 5.74) is 3.56. The highest BCUT2D eigenvalue weighted by atomic mass is 32.1. The van der Waals surface area contributed by atoms with Gasteiger partial charge in [-0.2, -0.15) is 0 Å². The number of carboxylic acids is 1. The highest BCUT2D eigenvalue weighted by Crippen LogP contribution is 2.24. The Morgan fingerprint density at radius 2 is 2.29 bits per heavy atom. The largest absolute Gasteiger partial charge is 0.476 e. The smallest absolute Gasteiger partial charge is 0.356 e. The Morgan fingerprint density at radius 1 is 1.48 bits per heavy atom. The summed E-state index contributed by atoms with van der Waals surface area (Å²) in [6.07, 6.45) is 1.71. The van der Waals surface area contributed by atoms with Crippen molar-refractivity contribution in [3.8, 4) is 0 Å². The summed E-state index contributed by atoms with van der Waals surface area (Å²) in [6, 6.07) is 5.42. The number of hydrogen-bond acceptors (Lipinski definition) is 5. The highest BCUT2D eigenvalue weighted by molar-refractivity contribution is 7.09. The maximum absolute atomic E-state index is 11.6. The van der Waals surface area contributed by atoms with Gasteiger partial charge in [0.05, 0.1) is 17.7 Å². The molecule has 0 aromatic carbocycles. The Morgan fingerprint density at radius 3 is 2.95 bits per heavy atom. The summed E-state index contributed by atoms with van der Waals surface area (Å²) < 4.78 is 1.59. The van der Waals surface area contributed by atoms with Crippen LogP contribution in [0.3, 0.4) is 0 Å². The molecule has 0 amide bonds. The number of carboxylic acid groups (broad SMARTS) is 1. The van der Waals surface area contributed by atoms with Gasteiger partial charge in [-0.05, 0) is 19.1 Å². The first kappa shape index (κ1) is 13.6. The van der Waals surface area contributed by atoms with E-state index in [0.29, 0.717) is 18.0 Å². The van der Waals surface area contributed by atoms with Crippen molar-refractivity contribution in [3.05, 3.63) is 46.2 Å². The van der Waals surface area contributed by atoms with Crippen molar-refractivity contribution in [3.63, 3.8) is 0 Å². The molecule has 0 spiro atoms. The van der Waals surface area contributed by atoms with Crippen LogP contribution in [0.25, 0.3) is 5.65 Å². The molecule has 0 atom stereocenters. The number of fused-ring (bicyclic) bond motifs is 1. The third kappa shape index (κ3) is 2.36. The Kier molecular flexibility index (Phi) is 3.34.